The van der Waals surface area contributed by atoms with Crippen molar-refractivity contribution in [2.75, 3.05) is 0 Å². The second kappa shape index (κ2) is 2.44. The van der Waals surface area contributed by atoms with Crippen LogP contribution in [0, 0.1) is 0 Å². The molecule has 0 unspecified atom stereocenters. The summed E-state index contributed by atoms with van der Waals surface area (Å²) < 4.78 is -0.00463. The van der Waals surface area contributed by atoms with E-state index in [4.69, 9.17) is 5.21 Å². The van der Waals surface area contributed by atoms with Crippen LogP contribution in [0.3, 0.4) is 0 Å². The third-order valence-electron chi connectivity index (χ3n) is 1.64. The first kappa shape index (κ1) is 7.53. The molecule has 0 spiro atoms. The van der Waals surface area contributed by atoms with Crippen molar-refractivity contribution >= 4 is 11.0 Å². The maximum absolute atomic E-state index is 11.2. The van der Waals surface area contributed by atoms with Gasteiger partial charge in [0.2, 0.25) is 0 Å². The Labute approximate surface area is 71.1 Å². The van der Waals surface area contributed by atoms with E-state index in [1.165, 1.54) is 12.3 Å². The van der Waals surface area contributed by atoms with Crippen LogP contribution in [-0.4, -0.2) is 19.9 Å². The zero-order valence-corrected chi connectivity index (χ0v) is 6.39. The number of fused-ring (bicyclic) bond motifs is 1. The topological polar surface area (TPSA) is 88.0 Å². The zero-order chi connectivity index (χ0) is 9.42. The summed E-state index contributed by atoms with van der Waals surface area (Å²) >= 11 is 0. The molecule has 0 bridgehead atoms. The van der Waals surface area contributed by atoms with Crippen LogP contribution in [0.1, 0.15) is 0 Å². The molecule has 6 nitrogen and oxygen atoms in total. The first-order chi connectivity index (χ1) is 6.20. The molecule has 2 rings (SSSR count). The number of H-pyrrole nitrogens is 1. The Balaban J connectivity index is 3.12. The highest BCUT2D eigenvalue weighted by Gasteiger charge is 2.05. The molecule has 0 aliphatic carbocycles. The van der Waals surface area contributed by atoms with E-state index >= 15 is 0 Å². The molecule has 2 heterocycles. The molecule has 6 heteroatoms. The van der Waals surface area contributed by atoms with Crippen LogP contribution in [0.15, 0.2) is 27.9 Å². The molecule has 0 aromatic carbocycles. The average molecular weight is 179 g/mol. The standard InChI is InChI=1S/C7H5N3O3/c11-6-5-4(2-1-3-8-5)9-7(12)10(6)13/h1-3,13H,(H,9,12). The van der Waals surface area contributed by atoms with Gasteiger partial charge in [0, 0.05) is 6.20 Å². The van der Waals surface area contributed by atoms with Crippen molar-refractivity contribution in [2.45, 2.75) is 0 Å². The van der Waals surface area contributed by atoms with Gasteiger partial charge in [0.15, 0.2) is 5.52 Å². The molecule has 2 aromatic heterocycles. The second-order valence-electron chi connectivity index (χ2n) is 2.45. The van der Waals surface area contributed by atoms with Crippen LogP contribution in [0.4, 0.5) is 0 Å². The molecule has 0 amide bonds. The lowest BCUT2D eigenvalue weighted by Crippen LogP contribution is -2.33. The van der Waals surface area contributed by atoms with Gasteiger partial charge in [-0.05, 0) is 12.1 Å². The van der Waals surface area contributed by atoms with E-state index in [-0.39, 0.29) is 10.2 Å². The summed E-state index contributed by atoms with van der Waals surface area (Å²) in [6.45, 7) is 0. The molecular formula is C7H5N3O3. The number of rotatable bonds is 0. The highest BCUT2D eigenvalue weighted by molar-refractivity contribution is 5.71. The molecule has 2 aromatic rings. The van der Waals surface area contributed by atoms with Crippen molar-refractivity contribution in [3.63, 3.8) is 0 Å². The summed E-state index contributed by atoms with van der Waals surface area (Å²) in [6, 6.07) is 3.12. The van der Waals surface area contributed by atoms with Crippen LogP contribution in [0.25, 0.3) is 11.0 Å². The Morgan fingerprint density at radius 2 is 2.23 bits per heavy atom. The third-order valence-corrected chi connectivity index (χ3v) is 1.64. The fourth-order valence-electron chi connectivity index (χ4n) is 1.04. The Hall–Kier alpha value is -2.11. The molecular weight excluding hydrogens is 174 g/mol. The molecule has 0 aliphatic heterocycles. The average Bonchev–Trinajstić information content (AvgIpc) is 2.15. The second-order valence-corrected chi connectivity index (χ2v) is 2.45. The predicted molar refractivity (Wildman–Crippen MR) is 43.8 cm³/mol. The van der Waals surface area contributed by atoms with E-state index in [1.807, 2.05) is 0 Å². The number of hydrogen-bond acceptors (Lipinski definition) is 4. The van der Waals surface area contributed by atoms with Gasteiger partial charge in [-0.2, -0.15) is 0 Å². The normalized spacial score (nSPS) is 10.5. The number of aromatic nitrogens is 3. The SMILES string of the molecule is O=c1[nH]c2cccnc2c(=O)n1O. The molecule has 0 saturated carbocycles. The van der Waals surface area contributed by atoms with Crippen molar-refractivity contribution in [1.29, 1.82) is 0 Å². The Morgan fingerprint density at radius 3 is 3.00 bits per heavy atom. The van der Waals surface area contributed by atoms with Crippen molar-refractivity contribution in [3.05, 3.63) is 39.2 Å². The van der Waals surface area contributed by atoms with Gasteiger partial charge in [-0.1, -0.05) is 4.73 Å². The largest absolute Gasteiger partial charge is 0.421 e. The molecule has 0 aliphatic rings. The molecule has 0 saturated heterocycles. The zero-order valence-electron chi connectivity index (χ0n) is 6.39. The van der Waals surface area contributed by atoms with Crippen molar-refractivity contribution in [3.8, 4) is 0 Å². The summed E-state index contributed by atoms with van der Waals surface area (Å²) in [4.78, 5) is 28.1. The van der Waals surface area contributed by atoms with Crippen molar-refractivity contribution in [2.24, 2.45) is 0 Å². The van der Waals surface area contributed by atoms with Gasteiger partial charge in [0.25, 0.3) is 0 Å². The summed E-state index contributed by atoms with van der Waals surface area (Å²) in [7, 11) is 0. The molecule has 0 atom stereocenters. The van der Waals surface area contributed by atoms with E-state index < -0.39 is 11.2 Å². The van der Waals surface area contributed by atoms with Gasteiger partial charge in [-0.3, -0.25) is 4.79 Å². The number of hydrogen-bond donors (Lipinski definition) is 2. The van der Waals surface area contributed by atoms with E-state index in [9.17, 15) is 9.59 Å². The van der Waals surface area contributed by atoms with Crippen LogP contribution < -0.4 is 11.2 Å². The fraction of sp³-hybridized carbons (Fsp3) is 0. The Morgan fingerprint density at radius 1 is 1.46 bits per heavy atom. The van der Waals surface area contributed by atoms with Gasteiger partial charge in [0.1, 0.15) is 0 Å². The maximum Gasteiger partial charge on any atom is 0.362 e. The summed E-state index contributed by atoms with van der Waals surface area (Å²) in [5, 5.41) is 8.92. The maximum atomic E-state index is 11.2. The minimum absolute atomic E-state index is 0.00463. The molecule has 66 valence electrons. The quantitative estimate of drug-likeness (QED) is 0.524. The van der Waals surface area contributed by atoms with Crippen LogP contribution in [0.2, 0.25) is 0 Å². The number of nitrogens with zero attached hydrogens (tertiary/aromatic N) is 2. The van der Waals surface area contributed by atoms with Gasteiger partial charge in [0.05, 0.1) is 5.52 Å². The minimum atomic E-state index is -0.870. The lowest BCUT2D eigenvalue weighted by molar-refractivity contribution is 0.162. The van der Waals surface area contributed by atoms with E-state index in [2.05, 4.69) is 9.97 Å². The molecule has 2 N–H and O–H groups in total. The fourth-order valence-corrected chi connectivity index (χ4v) is 1.04. The summed E-state index contributed by atoms with van der Waals surface area (Å²) in [6.07, 6.45) is 1.40. The van der Waals surface area contributed by atoms with Gasteiger partial charge in [-0.25, -0.2) is 9.78 Å². The third kappa shape index (κ3) is 0.994. The number of pyridine rings is 1. The lowest BCUT2D eigenvalue weighted by atomic mass is 10.4. The highest BCUT2D eigenvalue weighted by Crippen LogP contribution is 1.97. The minimum Gasteiger partial charge on any atom is -0.421 e. The van der Waals surface area contributed by atoms with E-state index in [0.717, 1.165) is 0 Å². The van der Waals surface area contributed by atoms with E-state index in [0.29, 0.717) is 5.52 Å². The molecule has 0 fully saturated rings. The van der Waals surface area contributed by atoms with Crippen LogP contribution in [-0.2, 0) is 0 Å². The van der Waals surface area contributed by atoms with Gasteiger partial charge >= 0.3 is 11.2 Å². The number of aromatic amines is 1. The lowest BCUT2D eigenvalue weighted by Gasteiger charge is -1.96. The van der Waals surface area contributed by atoms with Crippen molar-refractivity contribution < 1.29 is 5.21 Å². The van der Waals surface area contributed by atoms with Gasteiger partial charge in [-0.15, -0.1) is 0 Å². The van der Waals surface area contributed by atoms with Gasteiger partial charge < -0.3 is 10.2 Å². The first-order valence-corrected chi connectivity index (χ1v) is 3.49. The van der Waals surface area contributed by atoms with Crippen LogP contribution >= 0.6 is 0 Å². The van der Waals surface area contributed by atoms with Crippen molar-refractivity contribution in [1.82, 2.24) is 14.7 Å². The van der Waals surface area contributed by atoms with Crippen LogP contribution in [0.5, 0.6) is 0 Å². The Bertz CT molecular complexity index is 569. The predicted octanol–water partition coefficient (Wildman–Crippen LogP) is -0.678. The Kier molecular flexibility index (Phi) is 1.42. The molecule has 0 radical (unpaired) electrons. The number of nitrogens with one attached hydrogen (secondary N) is 1. The summed E-state index contributed by atoms with van der Waals surface area (Å²) in [5.74, 6) is 0. The molecule has 13 heavy (non-hydrogen) atoms. The first-order valence-electron chi connectivity index (χ1n) is 3.49. The monoisotopic (exact) mass is 179 g/mol. The van der Waals surface area contributed by atoms with E-state index in [1.54, 1.807) is 6.07 Å². The summed E-state index contributed by atoms with van der Waals surface area (Å²) in [5.41, 5.74) is -1.35. The smallest absolute Gasteiger partial charge is 0.362 e. The highest BCUT2D eigenvalue weighted by atomic mass is 16.5.